The summed E-state index contributed by atoms with van der Waals surface area (Å²) in [6.45, 7) is 8.57. The third kappa shape index (κ3) is 7.19. The lowest BCUT2D eigenvalue weighted by atomic mass is 9.88. The van der Waals surface area contributed by atoms with E-state index >= 15 is 0 Å². The number of carbonyl (C=O) groups is 1. The van der Waals surface area contributed by atoms with Gasteiger partial charge in [-0.2, -0.15) is 0 Å². The van der Waals surface area contributed by atoms with E-state index in [1.54, 1.807) is 0 Å². The average Bonchev–Trinajstić information content (AvgIpc) is 3.52. The van der Waals surface area contributed by atoms with Crippen molar-refractivity contribution >= 4 is 35.8 Å². The van der Waals surface area contributed by atoms with Crippen LogP contribution in [0.2, 0.25) is 5.04 Å². The molecule has 2 fully saturated rings. The molecule has 0 radical (unpaired) electrons. The van der Waals surface area contributed by atoms with Crippen molar-refractivity contribution in [2.75, 3.05) is 19.7 Å². The van der Waals surface area contributed by atoms with Crippen LogP contribution >= 0.6 is 0 Å². The van der Waals surface area contributed by atoms with Gasteiger partial charge in [-0.3, -0.25) is 0 Å². The van der Waals surface area contributed by atoms with Crippen molar-refractivity contribution in [2.24, 2.45) is 11.8 Å². The minimum atomic E-state index is -2.59. The number of ether oxygens (including phenoxy) is 1. The van der Waals surface area contributed by atoms with Gasteiger partial charge in [0.1, 0.15) is 5.75 Å². The maximum absolute atomic E-state index is 11.2. The molecule has 1 aliphatic carbocycles. The van der Waals surface area contributed by atoms with Crippen molar-refractivity contribution in [3.8, 4) is 5.75 Å². The number of benzene rings is 3. The quantitative estimate of drug-likeness (QED) is 0.163. The number of aliphatic hydroxyl groups excluding tert-OH is 1. The van der Waals surface area contributed by atoms with Crippen LogP contribution in [0.3, 0.4) is 0 Å². The van der Waals surface area contributed by atoms with Crippen molar-refractivity contribution in [1.29, 1.82) is 0 Å². The average molecular weight is 671 g/mol. The predicted octanol–water partition coefficient (Wildman–Crippen LogP) is 7.16. The number of hydrogen-bond donors (Lipinski definition) is 2. The fraction of sp³-hybridized carbons (Fsp3) is 0.487. The van der Waals surface area contributed by atoms with Gasteiger partial charge in [0.05, 0.1) is 24.5 Å². The Morgan fingerprint density at radius 2 is 1.52 bits per heavy atom. The zero-order valence-electron chi connectivity index (χ0n) is 28.6. The van der Waals surface area contributed by atoms with Gasteiger partial charge in [-0.05, 0) is 90.7 Å². The van der Waals surface area contributed by atoms with Gasteiger partial charge >= 0.3 is 6.09 Å². The van der Waals surface area contributed by atoms with Crippen LogP contribution in [-0.4, -0.2) is 60.5 Å². The van der Waals surface area contributed by atoms with E-state index in [0.717, 1.165) is 62.4 Å². The third-order valence-corrected chi connectivity index (χ3v) is 15.7. The highest BCUT2D eigenvalue weighted by molar-refractivity contribution is 6.99. The van der Waals surface area contributed by atoms with E-state index in [2.05, 4.69) is 86.6 Å². The molecule has 6 rings (SSSR count). The Morgan fingerprint density at radius 3 is 2.08 bits per heavy atom. The zero-order chi connectivity index (χ0) is 33.7. The minimum Gasteiger partial charge on any atom is -0.493 e. The summed E-state index contributed by atoms with van der Waals surface area (Å²) in [6.07, 6.45) is 6.82. The van der Waals surface area contributed by atoms with Crippen LogP contribution in [0.15, 0.2) is 77.3 Å². The van der Waals surface area contributed by atoms with Crippen LogP contribution in [0.5, 0.6) is 5.75 Å². The van der Waals surface area contributed by atoms with Crippen molar-refractivity contribution in [3.63, 3.8) is 0 Å². The highest BCUT2D eigenvalue weighted by atomic mass is 28.4. The van der Waals surface area contributed by atoms with E-state index in [9.17, 15) is 15.0 Å². The van der Waals surface area contributed by atoms with Crippen LogP contribution < -0.4 is 15.1 Å². The van der Waals surface area contributed by atoms with Crippen molar-refractivity contribution in [1.82, 2.24) is 10.1 Å². The molecule has 2 heterocycles. The lowest BCUT2D eigenvalue weighted by Crippen LogP contribution is -2.67. The maximum atomic E-state index is 11.2. The number of carboxylic acid groups (broad SMARTS) is 1. The van der Waals surface area contributed by atoms with Crippen LogP contribution in [0, 0.1) is 11.8 Å². The Hall–Kier alpha value is -3.66. The normalized spacial score (nSPS) is 19.5. The number of likely N-dealkylation sites (tertiary alicyclic amines) is 1. The smallest absolute Gasteiger partial charge is 0.407 e. The van der Waals surface area contributed by atoms with Crippen LogP contribution in [0.1, 0.15) is 77.0 Å². The van der Waals surface area contributed by atoms with E-state index in [4.69, 9.17) is 13.7 Å². The number of aromatic nitrogens is 1. The minimum absolute atomic E-state index is 0.0463. The van der Waals surface area contributed by atoms with Gasteiger partial charge in [-0.25, -0.2) is 4.79 Å². The molecule has 1 aromatic heterocycles. The first-order valence-corrected chi connectivity index (χ1v) is 19.5. The molecule has 256 valence electrons. The zero-order valence-corrected chi connectivity index (χ0v) is 29.6. The predicted molar refractivity (Wildman–Crippen MR) is 191 cm³/mol. The summed E-state index contributed by atoms with van der Waals surface area (Å²) in [6, 6.07) is 25.7. The summed E-state index contributed by atoms with van der Waals surface area (Å²) in [4.78, 5) is 12.7. The van der Waals surface area contributed by atoms with Gasteiger partial charge in [0.15, 0.2) is 5.58 Å². The first-order valence-electron chi connectivity index (χ1n) is 17.6. The summed E-state index contributed by atoms with van der Waals surface area (Å²) in [5, 5.41) is 27.4. The number of piperidine rings is 1. The van der Waals surface area contributed by atoms with E-state index in [1.807, 2.05) is 12.1 Å². The molecule has 9 heteroatoms. The summed E-state index contributed by atoms with van der Waals surface area (Å²) < 4.78 is 19.5. The summed E-state index contributed by atoms with van der Waals surface area (Å²) in [7, 11) is -2.59. The number of rotatable bonds is 11. The molecule has 1 aliphatic heterocycles. The SMILES string of the molecule is CC(C)(C)[Si](O[C@H]1CC[C@@H](COc2ccc3c(CCC4CCN(C(=O)O)CC4)noc3c2CO)CC1)(c1ccccc1)c1ccccc1. The Kier molecular flexibility index (Phi) is 10.6. The fourth-order valence-corrected chi connectivity index (χ4v) is 12.6. The molecule has 8 nitrogen and oxygen atoms in total. The molecular weight excluding hydrogens is 621 g/mol. The maximum Gasteiger partial charge on any atom is 0.407 e. The monoisotopic (exact) mass is 670 g/mol. The van der Waals surface area contributed by atoms with Crippen molar-refractivity contribution < 1.29 is 28.7 Å². The van der Waals surface area contributed by atoms with Gasteiger partial charge < -0.3 is 28.8 Å². The topological polar surface area (TPSA) is 105 Å². The van der Waals surface area contributed by atoms with Gasteiger partial charge in [-0.1, -0.05) is 86.6 Å². The van der Waals surface area contributed by atoms with E-state index < -0.39 is 14.4 Å². The van der Waals surface area contributed by atoms with E-state index in [1.165, 1.54) is 15.3 Å². The number of aryl methyl sites for hydroxylation is 1. The molecule has 0 bridgehead atoms. The molecule has 48 heavy (non-hydrogen) atoms. The lowest BCUT2D eigenvalue weighted by Gasteiger charge is -2.46. The Labute approximate surface area is 285 Å². The molecule has 3 aromatic carbocycles. The second-order valence-electron chi connectivity index (χ2n) is 14.7. The van der Waals surface area contributed by atoms with Gasteiger partial charge in [0.2, 0.25) is 0 Å². The van der Waals surface area contributed by atoms with Crippen LogP contribution in [-0.2, 0) is 17.5 Å². The van der Waals surface area contributed by atoms with Crippen molar-refractivity contribution in [2.45, 2.75) is 89.9 Å². The van der Waals surface area contributed by atoms with Gasteiger partial charge in [0.25, 0.3) is 8.32 Å². The first kappa shape index (κ1) is 34.2. The fourth-order valence-electron chi connectivity index (χ4n) is 7.88. The second-order valence-corrected chi connectivity index (χ2v) is 18.9. The van der Waals surface area contributed by atoms with Crippen molar-refractivity contribution in [3.05, 3.63) is 84.1 Å². The Morgan fingerprint density at radius 1 is 0.896 bits per heavy atom. The second kappa shape index (κ2) is 14.8. The highest BCUT2D eigenvalue weighted by Gasteiger charge is 2.51. The molecule has 1 amide bonds. The summed E-state index contributed by atoms with van der Waals surface area (Å²) >= 11 is 0. The largest absolute Gasteiger partial charge is 0.493 e. The molecule has 1 saturated heterocycles. The molecule has 0 spiro atoms. The number of fused-ring (bicyclic) bond motifs is 1. The van der Waals surface area contributed by atoms with E-state index in [0.29, 0.717) is 48.4 Å². The van der Waals surface area contributed by atoms with E-state index in [-0.39, 0.29) is 17.7 Å². The number of nitrogens with zero attached hydrogens (tertiary/aromatic N) is 2. The number of aliphatic hydroxyl groups is 1. The first-order chi connectivity index (χ1) is 23.2. The molecule has 4 aromatic rings. The molecule has 1 saturated carbocycles. The Bertz CT molecular complexity index is 1600. The lowest BCUT2D eigenvalue weighted by molar-refractivity contribution is 0.101. The summed E-state index contributed by atoms with van der Waals surface area (Å²) in [5.41, 5.74) is 2.11. The number of amides is 1. The third-order valence-electron chi connectivity index (χ3n) is 10.6. The molecule has 2 aliphatic rings. The van der Waals surface area contributed by atoms with Crippen LogP contribution in [0.4, 0.5) is 4.79 Å². The standard InChI is InChI=1S/C39H50N2O6Si/c1-39(2,3)48(31-10-6-4-7-11-31,32-12-8-5-9-13-32)47-30-17-14-29(15-18-30)27-45-36-21-19-33-35(40-46-37(33)34(36)26-42)20-16-28-22-24-41(25-23-28)38(43)44/h4-13,19,21,28-30,42H,14-18,20,22-27H2,1-3H3,(H,43,44)/t29-,30+. The van der Waals surface area contributed by atoms with Gasteiger partial charge in [-0.15, -0.1) is 0 Å². The van der Waals surface area contributed by atoms with Gasteiger partial charge in [0, 0.05) is 24.6 Å². The molecule has 2 N–H and O–H groups in total. The van der Waals surface area contributed by atoms with Crippen LogP contribution in [0.25, 0.3) is 11.0 Å². The highest BCUT2D eigenvalue weighted by Crippen LogP contribution is 2.40. The molecular formula is C39H50N2O6Si. The molecule has 0 unspecified atom stereocenters. The summed E-state index contributed by atoms with van der Waals surface area (Å²) in [5.74, 6) is 1.53. The number of hydrogen-bond acceptors (Lipinski definition) is 6. The molecule has 0 atom stereocenters. The Balaban J connectivity index is 1.07.